The maximum atomic E-state index is 13.1. The maximum Gasteiger partial charge on any atom is 0.263 e. The van der Waals surface area contributed by atoms with E-state index in [0.29, 0.717) is 21.7 Å². The van der Waals surface area contributed by atoms with Crippen LogP contribution < -0.4 is 10.9 Å². The molecule has 0 aliphatic carbocycles. The van der Waals surface area contributed by atoms with Gasteiger partial charge in [0.15, 0.2) is 5.65 Å². The summed E-state index contributed by atoms with van der Waals surface area (Å²) in [6.07, 6.45) is 1.41. The minimum Gasteiger partial charge on any atom is -0.323 e. The molecule has 1 N–H and O–H groups in total. The highest BCUT2D eigenvalue weighted by Crippen LogP contribution is 2.25. The average Bonchev–Trinajstić information content (AvgIpc) is 2.97. The van der Waals surface area contributed by atoms with E-state index in [0.717, 1.165) is 16.9 Å². The number of carbonyl (C=O) groups excluding carboxylic acids is 1. The van der Waals surface area contributed by atoms with E-state index in [1.165, 1.54) is 10.9 Å². The first kappa shape index (κ1) is 19.0. The summed E-state index contributed by atoms with van der Waals surface area (Å²) in [5, 5.41) is 3.68. The molecule has 146 valence electrons. The lowest BCUT2D eigenvalue weighted by Gasteiger charge is -2.10. The van der Waals surface area contributed by atoms with Crippen LogP contribution in [0, 0.1) is 13.8 Å². The number of anilines is 1. The van der Waals surface area contributed by atoms with Gasteiger partial charge in [-0.05, 0) is 43.7 Å². The maximum absolute atomic E-state index is 13.1. The van der Waals surface area contributed by atoms with E-state index in [4.69, 9.17) is 11.6 Å². The third-order valence-electron chi connectivity index (χ3n) is 4.96. The van der Waals surface area contributed by atoms with Gasteiger partial charge in [-0.2, -0.15) is 0 Å². The predicted octanol–water partition coefficient (Wildman–Crippen LogP) is 4.10. The van der Waals surface area contributed by atoms with Crippen molar-refractivity contribution in [3.8, 4) is 5.69 Å². The second-order valence-electron chi connectivity index (χ2n) is 6.79. The number of halogens is 1. The number of para-hydroxylation sites is 2. The van der Waals surface area contributed by atoms with E-state index in [-0.39, 0.29) is 18.0 Å². The lowest BCUT2D eigenvalue weighted by Crippen LogP contribution is -2.28. The van der Waals surface area contributed by atoms with Crippen molar-refractivity contribution in [1.82, 2.24) is 14.1 Å². The fourth-order valence-corrected chi connectivity index (χ4v) is 3.58. The molecule has 2 aromatic heterocycles. The Morgan fingerprint density at radius 1 is 1.07 bits per heavy atom. The summed E-state index contributed by atoms with van der Waals surface area (Å²) in [7, 11) is 0. The molecule has 0 atom stereocenters. The smallest absolute Gasteiger partial charge is 0.263 e. The molecule has 0 spiro atoms. The normalized spacial score (nSPS) is 11.0. The van der Waals surface area contributed by atoms with Crippen LogP contribution in [0.3, 0.4) is 0 Å². The van der Waals surface area contributed by atoms with Gasteiger partial charge in [-0.15, -0.1) is 0 Å². The van der Waals surface area contributed by atoms with E-state index in [1.807, 2.05) is 48.7 Å². The van der Waals surface area contributed by atoms with Crippen LogP contribution in [0.25, 0.3) is 16.7 Å². The minimum absolute atomic E-state index is 0.151. The molecule has 2 aromatic carbocycles. The van der Waals surface area contributed by atoms with E-state index in [2.05, 4.69) is 10.3 Å². The van der Waals surface area contributed by atoms with Gasteiger partial charge in [-0.1, -0.05) is 41.9 Å². The Bertz CT molecular complexity index is 1280. The lowest BCUT2D eigenvalue weighted by molar-refractivity contribution is -0.116. The summed E-state index contributed by atoms with van der Waals surface area (Å²) in [4.78, 5) is 30.0. The molecule has 0 saturated carbocycles. The van der Waals surface area contributed by atoms with E-state index in [1.54, 1.807) is 24.3 Å². The number of benzene rings is 2. The average molecular weight is 407 g/mol. The highest BCUT2D eigenvalue weighted by molar-refractivity contribution is 6.33. The van der Waals surface area contributed by atoms with Crippen LogP contribution in [0.5, 0.6) is 0 Å². The highest BCUT2D eigenvalue weighted by atomic mass is 35.5. The SMILES string of the molecule is Cc1c(C)n(-c2ccccc2)c2ncn(CC(=O)Nc3ccccc3Cl)c(=O)c12. The van der Waals surface area contributed by atoms with Gasteiger partial charge in [0.25, 0.3) is 5.56 Å². The van der Waals surface area contributed by atoms with Crippen molar-refractivity contribution >= 4 is 34.2 Å². The summed E-state index contributed by atoms with van der Waals surface area (Å²) in [6.45, 7) is 3.70. The molecule has 0 bridgehead atoms. The summed E-state index contributed by atoms with van der Waals surface area (Å²) < 4.78 is 3.27. The van der Waals surface area contributed by atoms with Crippen molar-refractivity contribution in [2.24, 2.45) is 0 Å². The Kier molecular flexibility index (Phi) is 4.94. The molecule has 4 rings (SSSR count). The number of aromatic nitrogens is 3. The van der Waals surface area contributed by atoms with Gasteiger partial charge in [0.1, 0.15) is 12.9 Å². The number of carbonyl (C=O) groups is 1. The van der Waals surface area contributed by atoms with Crippen molar-refractivity contribution in [2.45, 2.75) is 20.4 Å². The lowest BCUT2D eigenvalue weighted by atomic mass is 10.2. The van der Waals surface area contributed by atoms with Crippen LogP contribution in [0.15, 0.2) is 65.7 Å². The zero-order chi connectivity index (χ0) is 20.5. The van der Waals surface area contributed by atoms with Crippen LogP contribution in [-0.4, -0.2) is 20.0 Å². The number of hydrogen-bond donors (Lipinski definition) is 1. The molecular weight excluding hydrogens is 388 g/mol. The van der Waals surface area contributed by atoms with E-state index in [9.17, 15) is 9.59 Å². The second kappa shape index (κ2) is 7.56. The van der Waals surface area contributed by atoms with Crippen LogP contribution in [-0.2, 0) is 11.3 Å². The number of aryl methyl sites for hydroxylation is 1. The predicted molar refractivity (Wildman–Crippen MR) is 115 cm³/mol. The van der Waals surface area contributed by atoms with E-state index >= 15 is 0 Å². The van der Waals surface area contributed by atoms with Gasteiger partial charge in [0.05, 0.1) is 16.1 Å². The molecule has 0 radical (unpaired) electrons. The topological polar surface area (TPSA) is 68.9 Å². The zero-order valence-electron chi connectivity index (χ0n) is 16.0. The Labute approximate surface area is 172 Å². The first-order valence-electron chi connectivity index (χ1n) is 9.14. The van der Waals surface area contributed by atoms with Crippen molar-refractivity contribution < 1.29 is 4.79 Å². The molecular formula is C22H19ClN4O2. The van der Waals surface area contributed by atoms with Gasteiger partial charge < -0.3 is 5.32 Å². The second-order valence-corrected chi connectivity index (χ2v) is 7.19. The van der Waals surface area contributed by atoms with E-state index < -0.39 is 0 Å². The standard InChI is InChI=1S/C22H19ClN4O2/c1-14-15(2)27(16-8-4-3-5-9-16)21-20(14)22(29)26(13-24-21)12-19(28)25-18-11-7-6-10-17(18)23/h3-11,13H,12H2,1-2H3,(H,25,28). The first-order valence-corrected chi connectivity index (χ1v) is 9.52. The summed E-state index contributed by atoms with van der Waals surface area (Å²) in [5.74, 6) is -0.349. The summed E-state index contributed by atoms with van der Waals surface area (Å²) >= 11 is 6.08. The fraction of sp³-hybridized carbons (Fsp3) is 0.136. The van der Waals surface area contributed by atoms with Crippen molar-refractivity contribution in [3.63, 3.8) is 0 Å². The first-order chi connectivity index (χ1) is 14.0. The van der Waals surface area contributed by atoms with Crippen LogP contribution >= 0.6 is 11.6 Å². The molecule has 0 aliphatic rings. The zero-order valence-corrected chi connectivity index (χ0v) is 16.8. The Balaban J connectivity index is 1.72. The number of nitrogens with one attached hydrogen (secondary N) is 1. The molecule has 4 aromatic rings. The number of hydrogen-bond acceptors (Lipinski definition) is 3. The van der Waals surface area contributed by atoms with Gasteiger partial charge >= 0.3 is 0 Å². The number of nitrogens with zero attached hydrogens (tertiary/aromatic N) is 3. The quantitative estimate of drug-likeness (QED) is 0.554. The minimum atomic E-state index is -0.349. The molecule has 6 nitrogen and oxygen atoms in total. The van der Waals surface area contributed by atoms with Crippen molar-refractivity contribution in [2.75, 3.05) is 5.32 Å². The monoisotopic (exact) mass is 406 g/mol. The van der Waals surface area contributed by atoms with Gasteiger partial charge in [0, 0.05) is 11.4 Å². The molecule has 2 heterocycles. The van der Waals surface area contributed by atoms with Crippen LogP contribution in [0.2, 0.25) is 5.02 Å². The van der Waals surface area contributed by atoms with Gasteiger partial charge in [0.2, 0.25) is 5.91 Å². The molecule has 0 fully saturated rings. The third-order valence-corrected chi connectivity index (χ3v) is 5.29. The molecule has 0 unspecified atom stereocenters. The molecule has 0 saturated heterocycles. The number of fused-ring (bicyclic) bond motifs is 1. The third kappa shape index (κ3) is 3.43. The van der Waals surface area contributed by atoms with Gasteiger partial charge in [-0.3, -0.25) is 18.7 Å². The number of rotatable bonds is 4. The van der Waals surface area contributed by atoms with Crippen molar-refractivity contribution in [1.29, 1.82) is 0 Å². The Morgan fingerprint density at radius 3 is 2.48 bits per heavy atom. The molecule has 29 heavy (non-hydrogen) atoms. The number of amides is 1. The summed E-state index contributed by atoms with van der Waals surface area (Å²) in [6, 6.07) is 16.7. The molecule has 1 amide bonds. The summed E-state index contributed by atoms with van der Waals surface area (Å²) in [5.41, 5.74) is 3.56. The molecule has 0 aliphatic heterocycles. The Morgan fingerprint density at radius 2 is 1.76 bits per heavy atom. The fourth-order valence-electron chi connectivity index (χ4n) is 3.40. The van der Waals surface area contributed by atoms with Crippen LogP contribution in [0.4, 0.5) is 5.69 Å². The Hall–Kier alpha value is -3.38. The largest absolute Gasteiger partial charge is 0.323 e. The van der Waals surface area contributed by atoms with Crippen molar-refractivity contribution in [3.05, 3.63) is 87.6 Å². The molecule has 7 heteroatoms. The highest BCUT2D eigenvalue weighted by Gasteiger charge is 2.18. The van der Waals surface area contributed by atoms with Crippen LogP contribution in [0.1, 0.15) is 11.3 Å². The van der Waals surface area contributed by atoms with Gasteiger partial charge in [-0.25, -0.2) is 4.98 Å².